The topological polar surface area (TPSA) is 38.3 Å². The summed E-state index contributed by atoms with van der Waals surface area (Å²) < 4.78 is 4.82. The third kappa shape index (κ3) is 0.976. The summed E-state index contributed by atoms with van der Waals surface area (Å²) in [6.07, 6.45) is 0.424. The summed E-state index contributed by atoms with van der Waals surface area (Å²) in [5.74, 6) is 0. The van der Waals surface area contributed by atoms with Gasteiger partial charge in [0.2, 0.25) is 0 Å². The van der Waals surface area contributed by atoms with Crippen LogP contribution in [-0.4, -0.2) is 25.7 Å². The van der Waals surface area contributed by atoms with Gasteiger partial charge in [0, 0.05) is 6.54 Å². The van der Waals surface area contributed by atoms with Crippen molar-refractivity contribution in [2.45, 2.75) is 6.23 Å². The van der Waals surface area contributed by atoms with Crippen LogP contribution in [0.3, 0.4) is 0 Å². The van der Waals surface area contributed by atoms with Gasteiger partial charge in [0.05, 0.1) is 6.61 Å². The molecule has 0 aromatic carbocycles. The molecule has 0 saturated carbocycles. The first-order valence-corrected chi connectivity index (χ1v) is 2.24. The van der Waals surface area contributed by atoms with E-state index < -0.39 is 0 Å². The van der Waals surface area contributed by atoms with Gasteiger partial charge in [0.1, 0.15) is 0 Å². The van der Waals surface area contributed by atoms with Crippen molar-refractivity contribution < 1.29 is 9.53 Å². The second kappa shape index (κ2) is 2.04. The Morgan fingerprint density at radius 1 is 1.86 bits per heavy atom. The van der Waals surface area contributed by atoms with Gasteiger partial charge in [-0.05, 0) is 0 Å². The molecule has 0 aliphatic carbocycles. The summed E-state index contributed by atoms with van der Waals surface area (Å²) in [6, 6.07) is 0. The Morgan fingerprint density at radius 3 is 3.00 bits per heavy atom. The smallest absolute Gasteiger partial charge is 0.164 e. The van der Waals surface area contributed by atoms with Crippen LogP contribution in [-0.2, 0) is 9.53 Å². The van der Waals surface area contributed by atoms with Gasteiger partial charge in [-0.2, -0.15) is 0 Å². The third-order valence-corrected chi connectivity index (χ3v) is 0.869. The molecule has 1 heterocycles. The van der Waals surface area contributed by atoms with Crippen LogP contribution in [0.1, 0.15) is 0 Å². The molecule has 0 spiro atoms. The summed E-state index contributed by atoms with van der Waals surface area (Å²) in [5, 5.41) is 2.82. The van der Waals surface area contributed by atoms with E-state index >= 15 is 0 Å². The molecule has 3 heteroatoms. The highest BCUT2D eigenvalue weighted by Crippen LogP contribution is 1.88. The number of hydrogen-bond acceptors (Lipinski definition) is 3. The van der Waals surface area contributed by atoms with Gasteiger partial charge in [-0.25, -0.2) is 0 Å². The standard InChI is InChI=1S/C4H7NO2/c6-3-4-5-1-2-7-4/h3-5H,1-2H2. The molecule has 1 unspecified atom stereocenters. The summed E-state index contributed by atoms with van der Waals surface area (Å²) in [7, 11) is 0. The van der Waals surface area contributed by atoms with E-state index in [0.717, 1.165) is 12.8 Å². The zero-order valence-electron chi connectivity index (χ0n) is 3.89. The van der Waals surface area contributed by atoms with Crippen molar-refractivity contribution in [3.05, 3.63) is 0 Å². The van der Waals surface area contributed by atoms with E-state index in [0.29, 0.717) is 6.61 Å². The number of nitrogens with one attached hydrogen (secondary N) is 1. The monoisotopic (exact) mass is 101 g/mol. The van der Waals surface area contributed by atoms with E-state index in [1.165, 1.54) is 0 Å². The minimum Gasteiger partial charge on any atom is -0.355 e. The van der Waals surface area contributed by atoms with Gasteiger partial charge >= 0.3 is 0 Å². The molecular formula is C4H7NO2. The Labute approximate surface area is 41.7 Å². The fraction of sp³-hybridized carbons (Fsp3) is 0.750. The van der Waals surface area contributed by atoms with Crippen LogP contribution in [0.25, 0.3) is 0 Å². The second-order valence-corrected chi connectivity index (χ2v) is 1.38. The molecule has 1 N–H and O–H groups in total. The average Bonchev–Trinajstić information content (AvgIpc) is 2.14. The first-order valence-electron chi connectivity index (χ1n) is 2.24. The number of aldehydes is 1. The Bertz CT molecular complexity index is 68.1. The van der Waals surface area contributed by atoms with Crippen molar-refractivity contribution in [1.29, 1.82) is 0 Å². The number of hydrogen-bond donors (Lipinski definition) is 1. The molecule has 1 fully saturated rings. The largest absolute Gasteiger partial charge is 0.355 e. The Hall–Kier alpha value is -0.410. The van der Waals surface area contributed by atoms with Crippen molar-refractivity contribution >= 4 is 6.29 Å². The Morgan fingerprint density at radius 2 is 2.71 bits per heavy atom. The van der Waals surface area contributed by atoms with Crippen LogP contribution < -0.4 is 5.32 Å². The minimum absolute atomic E-state index is 0.333. The van der Waals surface area contributed by atoms with Gasteiger partial charge in [-0.3, -0.25) is 10.1 Å². The molecule has 0 amide bonds. The molecule has 0 aromatic heterocycles. The van der Waals surface area contributed by atoms with Crippen molar-refractivity contribution in [1.82, 2.24) is 5.32 Å². The van der Waals surface area contributed by atoms with Gasteiger partial charge < -0.3 is 4.74 Å². The van der Waals surface area contributed by atoms with E-state index in [1.807, 2.05) is 0 Å². The Balaban J connectivity index is 2.26. The van der Waals surface area contributed by atoms with E-state index in [1.54, 1.807) is 0 Å². The van der Waals surface area contributed by atoms with Crippen molar-refractivity contribution in [2.24, 2.45) is 0 Å². The molecule has 1 aliphatic rings. The second-order valence-electron chi connectivity index (χ2n) is 1.38. The predicted molar refractivity (Wildman–Crippen MR) is 23.8 cm³/mol. The average molecular weight is 101 g/mol. The lowest BCUT2D eigenvalue weighted by molar-refractivity contribution is -0.116. The number of ether oxygens (including phenoxy) is 1. The third-order valence-electron chi connectivity index (χ3n) is 0.869. The minimum atomic E-state index is -0.333. The first kappa shape index (κ1) is 4.74. The van der Waals surface area contributed by atoms with Crippen LogP contribution in [0.2, 0.25) is 0 Å². The highest BCUT2D eigenvalue weighted by atomic mass is 16.5. The van der Waals surface area contributed by atoms with E-state index in [4.69, 9.17) is 4.74 Å². The molecule has 1 saturated heterocycles. The van der Waals surface area contributed by atoms with E-state index in [-0.39, 0.29) is 6.23 Å². The molecule has 0 bridgehead atoms. The van der Waals surface area contributed by atoms with Gasteiger partial charge in [-0.1, -0.05) is 0 Å². The lowest BCUT2D eigenvalue weighted by Gasteiger charge is -1.94. The molecular weight excluding hydrogens is 94.0 g/mol. The molecule has 1 atom stereocenters. The SMILES string of the molecule is O=CC1NCCO1. The summed E-state index contributed by atoms with van der Waals surface area (Å²) >= 11 is 0. The number of carbonyl (C=O) groups excluding carboxylic acids is 1. The zero-order valence-corrected chi connectivity index (χ0v) is 3.89. The first-order chi connectivity index (χ1) is 3.43. The maximum absolute atomic E-state index is 9.82. The fourth-order valence-electron chi connectivity index (χ4n) is 0.533. The maximum atomic E-state index is 9.82. The van der Waals surface area contributed by atoms with Crippen LogP contribution in [0.5, 0.6) is 0 Å². The molecule has 3 nitrogen and oxygen atoms in total. The molecule has 0 aromatic rings. The highest BCUT2D eigenvalue weighted by Gasteiger charge is 2.10. The van der Waals surface area contributed by atoms with Gasteiger partial charge in [-0.15, -0.1) is 0 Å². The summed E-state index contributed by atoms with van der Waals surface area (Å²) in [4.78, 5) is 9.82. The van der Waals surface area contributed by atoms with Crippen molar-refractivity contribution in [3.8, 4) is 0 Å². The predicted octanol–water partition coefficient (Wildman–Crippen LogP) is -0.869. The van der Waals surface area contributed by atoms with Crippen LogP contribution >= 0.6 is 0 Å². The maximum Gasteiger partial charge on any atom is 0.164 e. The van der Waals surface area contributed by atoms with Crippen LogP contribution in [0, 0.1) is 0 Å². The van der Waals surface area contributed by atoms with Gasteiger partial charge in [0.25, 0.3) is 0 Å². The fourth-order valence-corrected chi connectivity index (χ4v) is 0.533. The van der Waals surface area contributed by atoms with Crippen LogP contribution in [0.15, 0.2) is 0 Å². The summed E-state index contributed by atoms with van der Waals surface area (Å²) in [6.45, 7) is 1.45. The highest BCUT2D eigenvalue weighted by molar-refractivity contribution is 5.55. The lowest BCUT2D eigenvalue weighted by Crippen LogP contribution is -2.23. The van der Waals surface area contributed by atoms with Crippen LogP contribution in [0.4, 0.5) is 0 Å². The zero-order chi connectivity index (χ0) is 5.11. The van der Waals surface area contributed by atoms with Gasteiger partial charge in [0.15, 0.2) is 12.5 Å². The lowest BCUT2D eigenvalue weighted by atomic mass is 10.6. The normalized spacial score (nSPS) is 30.6. The number of carbonyl (C=O) groups is 1. The van der Waals surface area contributed by atoms with E-state index in [2.05, 4.69) is 5.32 Å². The van der Waals surface area contributed by atoms with Crippen molar-refractivity contribution in [2.75, 3.05) is 13.2 Å². The molecule has 1 rings (SSSR count). The molecule has 40 valence electrons. The Kier molecular flexibility index (Phi) is 1.38. The van der Waals surface area contributed by atoms with E-state index in [9.17, 15) is 4.79 Å². The summed E-state index contributed by atoms with van der Waals surface area (Å²) in [5.41, 5.74) is 0. The molecule has 7 heavy (non-hydrogen) atoms. The quantitative estimate of drug-likeness (QED) is 0.436. The molecule has 1 aliphatic heterocycles. The van der Waals surface area contributed by atoms with Crippen molar-refractivity contribution in [3.63, 3.8) is 0 Å². The molecule has 0 radical (unpaired) electrons. The number of rotatable bonds is 1.